The smallest absolute Gasteiger partial charge is 0.164 e. The Labute approximate surface area is 161 Å². The summed E-state index contributed by atoms with van der Waals surface area (Å²) in [5, 5.41) is 13.4. The highest BCUT2D eigenvalue weighted by Crippen LogP contribution is 2.36. The van der Waals surface area contributed by atoms with E-state index in [0.717, 1.165) is 24.9 Å². The molecular weight excluding hydrogens is 363 g/mol. The Balaban J connectivity index is 1.70. The van der Waals surface area contributed by atoms with E-state index in [1.165, 1.54) is 24.5 Å². The lowest BCUT2D eigenvalue weighted by atomic mass is 10.2. The van der Waals surface area contributed by atoms with Crippen LogP contribution in [0.4, 0.5) is 15.9 Å². The molecule has 0 saturated carbocycles. The van der Waals surface area contributed by atoms with Gasteiger partial charge in [0.1, 0.15) is 18.2 Å². The van der Waals surface area contributed by atoms with Gasteiger partial charge in [0.05, 0.1) is 12.6 Å². The number of ether oxygens (including phenoxy) is 2. The molecule has 146 valence electrons. The number of fused-ring (bicyclic) bond motifs is 1. The van der Waals surface area contributed by atoms with Crippen LogP contribution in [-0.4, -0.2) is 53.3 Å². The molecule has 1 aromatic heterocycles. The van der Waals surface area contributed by atoms with Crippen molar-refractivity contribution in [3.8, 4) is 17.2 Å². The highest BCUT2D eigenvalue weighted by molar-refractivity contribution is 5.93. The molecule has 0 spiro atoms. The first kappa shape index (κ1) is 18.2. The van der Waals surface area contributed by atoms with Gasteiger partial charge in [-0.3, -0.25) is 0 Å². The van der Waals surface area contributed by atoms with Crippen LogP contribution in [-0.2, 0) is 0 Å². The number of halogens is 1. The van der Waals surface area contributed by atoms with Gasteiger partial charge in [-0.2, -0.15) is 0 Å². The number of nitrogens with one attached hydrogen (secondary N) is 1. The van der Waals surface area contributed by atoms with Crippen molar-refractivity contribution < 1.29 is 19.0 Å². The molecule has 2 aromatic carbocycles. The number of hydrogen-bond acceptors (Lipinski definition) is 7. The summed E-state index contributed by atoms with van der Waals surface area (Å²) in [6.07, 6.45) is 2.47. The zero-order valence-electron chi connectivity index (χ0n) is 15.6. The van der Waals surface area contributed by atoms with Crippen molar-refractivity contribution in [1.82, 2.24) is 14.9 Å². The largest absolute Gasteiger partial charge is 0.505 e. The van der Waals surface area contributed by atoms with Crippen molar-refractivity contribution in [2.75, 3.05) is 32.6 Å². The molecule has 2 N–H and O–H groups in total. The van der Waals surface area contributed by atoms with Crippen LogP contribution in [0.1, 0.15) is 6.42 Å². The van der Waals surface area contributed by atoms with Crippen LogP contribution in [0.2, 0.25) is 0 Å². The number of phenols is 1. The third kappa shape index (κ3) is 3.63. The fourth-order valence-corrected chi connectivity index (χ4v) is 3.31. The normalized spacial score (nSPS) is 17.0. The number of aromatic hydroxyl groups is 1. The quantitative estimate of drug-likeness (QED) is 0.699. The molecular formula is C20H21FN4O3. The Morgan fingerprint density at radius 3 is 2.79 bits per heavy atom. The first-order valence-electron chi connectivity index (χ1n) is 8.97. The second-order valence-electron chi connectivity index (χ2n) is 6.82. The van der Waals surface area contributed by atoms with Gasteiger partial charge in [-0.15, -0.1) is 0 Å². The second-order valence-corrected chi connectivity index (χ2v) is 6.82. The minimum atomic E-state index is -0.681. The third-order valence-electron chi connectivity index (χ3n) is 4.77. The number of nitrogens with zero attached hydrogens (tertiary/aromatic N) is 3. The number of phenolic OH excluding ortho intramolecular Hbond substituents is 1. The fourth-order valence-electron chi connectivity index (χ4n) is 3.31. The van der Waals surface area contributed by atoms with Crippen molar-refractivity contribution in [1.29, 1.82) is 0 Å². The molecule has 1 saturated heterocycles. The first-order valence-corrected chi connectivity index (χ1v) is 8.97. The van der Waals surface area contributed by atoms with Crippen molar-refractivity contribution in [2.45, 2.75) is 12.5 Å². The van der Waals surface area contributed by atoms with Gasteiger partial charge in [0.25, 0.3) is 0 Å². The molecule has 8 heteroatoms. The van der Waals surface area contributed by atoms with Crippen LogP contribution in [0.15, 0.2) is 36.7 Å². The predicted octanol–water partition coefficient (Wildman–Crippen LogP) is 3.31. The number of rotatable bonds is 5. The van der Waals surface area contributed by atoms with Crippen LogP contribution in [0.25, 0.3) is 10.9 Å². The van der Waals surface area contributed by atoms with Crippen LogP contribution >= 0.6 is 0 Å². The molecule has 1 aliphatic rings. The van der Waals surface area contributed by atoms with Crippen LogP contribution in [0.3, 0.4) is 0 Å². The second kappa shape index (κ2) is 7.47. The Morgan fingerprint density at radius 2 is 2.07 bits per heavy atom. The lowest BCUT2D eigenvalue weighted by molar-refractivity contribution is 0.200. The van der Waals surface area contributed by atoms with Gasteiger partial charge in [-0.05, 0) is 31.7 Å². The van der Waals surface area contributed by atoms with Crippen molar-refractivity contribution in [3.63, 3.8) is 0 Å². The molecule has 0 radical (unpaired) electrons. The molecule has 0 aliphatic carbocycles. The fraction of sp³-hybridized carbons (Fsp3) is 0.300. The summed E-state index contributed by atoms with van der Waals surface area (Å²) in [4.78, 5) is 10.8. The summed E-state index contributed by atoms with van der Waals surface area (Å²) >= 11 is 0. The molecule has 7 nitrogen and oxygen atoms in total. The van der Waals surface area contributed by atoms with E-state index in [4.69, 9.17) is 9.47 Å². The summed E-state index contributed by atoms with van der Waals surface area (Å²) < 4.78 is 25.0. The van der Waals surface area contributed by atoms with Gasteiger partial charge in [-0.1, -0.05) is 0 Å². The van der Waals surface area contributed by atoms with E-state index in [0.29, 0.717) is 28.5 Å². The number of anilines is 2. The number of hydrogen-bond donors (Lipinski definition) is 2. The summed E-state index contributed by atoms with van der Waals surface area (Å²) in [5.74, 6) is 0.632. The van der Waals surface area contributed by atoms with Gasteiger partial charge >= 0.3 is 0 Å². The van der Waals surface area contributed by atoms with Crippen molar-refractivity contribution in [3.05, 3.63) is 42.5 Å². The summed E-state index contributed by atoms with van der Waals surface area (Å²) in [6, 6.07) is 7.67. The molecule has 1 aliphatic heterocycles. The van der Waals surface area contributed by atoms with Gasteiger partial charge in [-0.25, -0.2) is 14.4 Å². The molecule has 4 rings (SSSR count). The Kier molecular flexibility index (Phi) is 4.87. The van der Waals surface area contributed by atoms with Crippen molar-refractivity contribution >= 4 is 22.4 Å². The number of likely N-dealkylation sites (N-methyl/N-ethyl adjacent to an activating group) is 1. The molecule has 0 bridgehead atoms. The van der Waals surface area contributed by atoms with E-state index < -0.39 is 11.6 Å². The zero-order chi connectivity index (χ0) is 19.7. The Morgan fingerprint density at radius 1 is 1.21 bits per heavy atom. The Bertz CT molecular complexity index is 1010. The number of aromatic nitrogens is 2. The topological polar surface area (TPSA) is 79.7 Å². The predicted molar refractivity (Wildman–Crippen MR) is 104 cm³/mol. The highest BCUT2D eigenvalue weighted by atomic mass is 19.1. The molecule has 2 heterocycles. The van der Waals surface area contributed by atoms with Crippen molar-refractivity contribution in [2.24, 2.45) is 0 Å². The Hall–Kier alpha value is -3.13. The third-order valence-corrected chi connectivity index (χ3v) is 4.77. The maximum atomic E-state index is 13.3. The SMILES string of the molecule is COc1cc2ncnc(Nc3ccc(F)c(O)c3)c2cc1OC1CCN(C)C1. The van der Waals surface area contributed by atoms with Gasteiger partial charge in [0.15, 0.2) is 23.1 Å². The minimum absolute atomic E-state index is 0.0893. The average molecular weight is 384 g/mol. The molecule has 28 heavy (non-hydrogen) atoms. The lowest BCUT2D eigenvalue weighted by Gasteiger charge is -2.17. The molecule has 1 fully saturated rings. The van der Waals surface area contributed by atoms with Crippen LogP contribution < -0.4 is 14.8 Å². The molecule has 0 amide bonds. The molecule has 1 atom stereocenters. The van der Waals surface area contributed by atoms with E-state index in [-0.39, 0.29) is 6.10 Å². The maximum absolute atomic E-state index is 13.3. The number of likely N-dealkylation sites (tertiary alicyclic amines) is 1. The van der Waals surface area contributed by atoms with E-state index in [1.54, 1.807) is 13.2 Å². The zero-order valence-corrected chi connectivity index (χ0v) is 15.6. The molecule has 3 aromatic rings. The van der Waals surface area contributed by atoms with Crippen LogP contribution in [0, 0.1) is 5.82 Å². The van der Waals surface area contributed by atoms with Gasteiger partial charge < -0.3 is 24.8 Å². The summed E-state index contributed by atoms with van der Waals surface area (Å²) in [5.41, 5.74) is 1.19. The first-order chi connectivity index (χ1) is 13.5. The molecule has 1 unspecified atom stereocenters. The van der Waals surface area contributed by atoms with E-state index >= 15 is 0 Å². The number of benzene rings is 2. The lowest BCUT2D eigenvalue weighted by Crippen LogP contribution is -2.21. The maximum Gasteiger partial charge on any atom is 0.164 e. The standard InChI is InChI=1S/C20H21FN4O3/c1-25-6-5-13(10-25)28-19-8-14-16(9-18(19)27-2)22-11-23-20(14)24-12-3-4-15(21)17(26)7-12/h3-4,7-9,11,13,26H,5-6,10H2,1-2H3,(H,22,23,24). The van der Waals surface area contributed by atoms with Gasteiger partial charge in [0.2, 0.25) is 0 Å². The average Bonchev–Trinajstić information content (AvgIpc) is 3.09. The minimum Gasteiger partial charge on any atom is -0.505 e. The summed E-state index contributed by atoms with van der Waals surface area (Å²) in [7, 11) is 3.66. The van der Waals surface area contributed by atoms with E-state index in [9.17, 15) is 9.50 Å². The number of methoxy groups -OCH3 is 1. The highest BCUT2D eigenvalue weighted by Gasteiger charge is 2.23. The monoisotopic (exact) mass is 384 g/mol. The van der Waals surface area contributed by atoms with Crippen LogP contribution in [0.5, 0.6) is 17.2 Å². The van der Waals surface area contributed by atoms with E-state index in [2.05, 4.69) is 27.2 Å². The van der Waals surface area contributed by atoms with Gasteiger partial charge in [0, 0.05) is 36.3 Å². The summed E-state index contributed by atoms with van der Waals surface area (Å²) in [6.45, 7) is 1.84. The van der Waals surface area contributed by atoms with E-state index in [1.807, 2.05) is 6.07 Å².